The third-order valence-electron chi connectivity index (χ3n) is 6.76. The van der Waals surface area contributed by atoms with E-state index >= 15 is 0 Å². The lowest BCUT2D eigenvalue weighted by Gasteiger charge is -2.37. The summed E-state index contributed by atoms with van der Waals surface area (Å²) < 4.78 is 20.2. The van der Waals surface area contributed by atoms with Crippen LogP contribution in [0.2, 0.25) is 0 Å². The van der Waals surface area contributed by atoms with Crippen molar-refractivity contribution in [2.75, 3.05) is 36.5 Å². The maximum absolute atomic E-state index is 15.0. The maximum Gasteiger partial charge on any atom is 0.414 e. The van der Waals surface area contributed by atoms with Crippen molar-refractivity contribution in [2.45, 2.75) is 77.4 Å². The molecule has 0 N–H and O–H groups in total. The van der Waals surface area contributed by atoms with Crippen LogP contribution in [0.25, 0.3) is 0 Å². The van der Waals surface area contributed by atoms with Crippen molar-refractivity contribution in [2.24, 2.45) is 5.92 Å². The summed E-state index contributed by atoms with van der Waals surface area (Å²) in [6, 6.07) is 5.31. The number of anilines is 2. The van der Waals surface area contributed by atoms with Crippen LogP contribution in [0.1, 0.15) is 65.2 Å². The van der Waals surface area contributed by atoms with E-state index in [0.717, 1.165) is 58.1 Å². The number of hydrogen-bond acceptors (Lipinski definition) is 4. The monoisotopic (exact) mass is 447 g/mol. The molecule has 7 heteroatoms. The molecule has 3 rings (SSSR count). The molecule has 1 aliphatic heterocycles. The zero-order valence-electron chi connectivity index (χ0n) is 19.8. The molecular formula is C25H38FN3O3. The molecule has 1 aromatic rings. The van der Waals surface area contributed by atoms with Gasteiger partial charge >= 0.3 is 6.09 Å². The van der Waals surface area contributed by atoms with Crippen molar-refractivity contribution in [3.8, 4) is 0 Å². The molecule has 2 fully saturated rings. The molecule has 178 valence electrons. The summed E-state index contributed by atoms with van der Waals surface area (Å²) in [4.78, 5) is 29.2. The number of piperidine rings is 1. The summed E-state index contributed by atoms with van der Waals surface area (Å²) in [7, 11) is 1.58. The number of rotatable bonds is 8. The van der Waals surface area contributed by atoms with E-state index in [2.05, 4.69) is 4.90 Å². The second-order valence-corrected chi connectivity index (χ2v) is 9.51. The van der Waals surface area contributed by atoms with Gasteiger partial charge in [0.2, 0.25) is 6.41 Å². The number of nitrogens with zero attached hydrogens (tertiary/aromatic N) is 3. The molecule has 0 spiro atoms. The topological polar surface area (TPSA) is 53.1 Å². The molecule has 1 aliphatic carbocycles. The molecule has 0 aromatic heterocycles. The summed E-state index contributed by atoms with van der Waals surface area (Å²) >= 11 is 0. The molecule has 1 saturated heterocycles. The molecule has 1 saturated carbocycles. The van der Waals surface area contributed by atoms with Crippen LogP contribution in [0.15, 0.2) is 18.2 Å². The van der Waals surface area contributed by atoms with Crippen molar-refractivity contribution < 1.29 is 18.7 Å². The SMILES string of the molecule is CC(C)OC(=O)N(C)c1ccc(N2CCCC(CCN(C=O)C3CCCCC3)C2)c(F)c1. The van der Waals surface area contributed by atoms with E-state index in [4.69, 9.17) is 4.74 Å². The van der Waals surface area contributed by atoms with Crippen LogP contribution in [0.3, 0.4) is 0 Å². The number of carbonyl (C=O) groups excluding carboxylic acids is 2. The number of ether oxygens (including phenoxy) is 1. The predicted octanol–water partition coefficient (Wildman–Crippen LogP) is 5.20. The predicted molar refractivity (Wildman–Crippen MR) is 126 cm³/mol. The second kappa shape index (κ2) is 11.5. The van der Waals surface area contributed by atoms with E-state index in [1.54, 1.807) is 33.0 Å². The third kappa shape index (κ3) is 6.36. The average molecular weight is 448 g/mol. The summed E-state index contributed by atoms with van der Waals surface area (Å²) in [6.07, 6.45) is 9.31. The first-order valence-electron chi connectivity index (χ1n) is 12.1. The minimum Gasteiger partial charge on any atom is -0.446 e. The first-order valence-corrected chi connectivity index (χ1v) is 12.1. The number of carbonyl (C=O) groups is 2. The van der Waals surface area contributed by atoms with Crippen molar-refractivity contribution in [1.82, 2.24) is 4.90 Å². The van der Waals surface area contributed by atoms with Gasteiger partial charge in [0.1, 0.15) is 5.82 Å². The van der Waals surface area contributed by atoms with Crippen LogP contribution in [0.5, 0.6) is 0 Å². The standard InChI is InChI=1S/C25H38FN3O3/c1-19(2)32-25(31)27(3)22-11-12-24(23(26)16-22)28-14-7-8-20(17-28)13-15-29(18-30)21-9-5-4-6-10-21/h11-12,16,18-21H,4-10,13-15,17H2,1-3H3. The molecule has 1 heterocycles. The first kappa shape index (κ1) is 24.3. The van der Waals surface area contributed by atoms with E-state index in [1.165, 1.54) is 30.2 Å². The van der Waals surface area contributed by atoms with Gasteiger partial charge in [-0.25, -0.2) is 9.18 Å². The van der Waals surface area contributed by atoms with Crippen LogP contribution < -0.4 is 9.80 Å². The van der Waals surface area contributed by atoms with E-state index in [9.17, 15) is 14.0 Å². The summed E-state index contributed by atoms with van der Waals surface area (Å²) in [5, 5.41) is 0. The normalized spacial score (nSPS) is 19.7. The van der Waals surface area contributed by atoms with Gasteiger partial charge in [0.25, 0.3) is 0 Å². The average Bonchev–Trinajstić information content (AvgIpc) is 2.79. The van der Waals surface area contributed by atoms with Crippen LogP contribution >= 0.6 is 0 Å². The molecule has 1 aromatic carbocycles. The Labute approximate surface area is 191 Å². The Kier molecular flexibility index (Phi) is 8.76. The molecule has 1 unspecified atom stereocenters. The van der Waals surface area contributed by atoms with Gasteiger partial charge in [0, 0.05) is 38.4 Å². The molecule has 0 radical (unpaired) electrons. The number of halogens is 1. The van der Waals surface area contributed by atoms with Gasteiger partial charge in [-0.05, 0) is 70.1 Å². The van der Waals surface area contributed by atoms with E-state index in [0.29, 0.717) is 23.3 Å². The Hall–Kier alpha value is -2.31. The Morgan fingerprint density at radius 2 is 1.97 bits per heavy atom. The highest BCUT2D eigenvalue weighted by Gasteiger charge is 2.25. The van der Waals surface area contributed by atoms with Gasteiger partial charge in [-0.15, -0.1) is 0 Å². The maximum atomic E-state index is 15.0. The van der Waals surface area contributed by atoms with E-state index in [1.807, 2.05) is 4.90 Å². The van der Waals surface area contributed by atoms with Gasteiger partial charge in [-0.2, -0.15) is 0 Å². The zero-order valence-corrected chi connectivity index (χ0v) is 19.8. The molecule has 2 aliphatic rings. The lowest BCUT2D eigenvalue weighted by atomic mass is 9.92. The zero-order chi connectivity index (χ0) is 23.1. The number of benzene rings is 1. The minimum atomic E-state index is -0.497. The van der Waals surface area contributed by atoms with Gasteiger partial charge in [0.15, 0.2) is 0 Å². The highest BCUT2D eigenvalue weighted by molar-refractivity contribution is 5.87. The van der Waals surface area contributed by atoms with Crippen molar-refractivity contribution >= 4 is 23.9 Å². The lowest BCUT2D eigenvalue weighted by molar-refractivity contribution is -0.121. The van der Waals surface area contributed by atoms with Gasteiger partial charge in [-0.1, -0.05) is 19.3 Å². The second-order valence-electron chi connectivity index (χ2n) is 9.51. The van der Waals surface area contributed by atoms with Crippen LogP contribution in [-0.4, -0.2) is 56.2 Å². The Bertz CT molecular complexity index is 767. The fraction of sp³-hybridized carbons (Fsp3) is 0.680. The molecule has 2 amide bonds. The van der Waals surface area contributed by atoms with Crippen molar-refractivity contribution in [3.05, 3.63) is 24.0 Å². The van der Waals surface area contributed by atoms with Crippen molar-refractivity contribution in [3.63, 3.8) is 0 Å². The molecule has 32 heavy (non-hydrogen) atoms. The van der Waals surface area contributed by atoms with Crippen LogP contribution in [0, 0.1) is 11.7 Å². The van der Waals surface area contributed by atoms with Crippen LogP contribution in [-0.2, 0) is 9.53 Å². The quantitative estimate of drug-likeness (QED) is 0.514. The van der Waals surface area contributed by atoms with Crippen LogP contribution in [0.4, 0.5) is 20.6 Å². The molecule has 6 nitrogen and oxygen atoms in total. The summed E-state index contributed by atoms with van der Waals surface area (Å²) in [5.41, 5.74) is 1.04. The molecule has 1 atom stereocenters. The van der Waals surface area contributed by atoms with Gasteiger partial charge in [0.05, 0.1) is 11.8 Å². The first-order chi connectivity index (χ1) is 15.4. The van der Waals surface area contributed by atoms with Gasteiger partial charge in [-0.3, -0.25) is 9.69 Å². The third-order valence-corrected chi connectivity index (χ3v) is 6.76. The minimum absolute atomic E-state index is 0.229. The highest BCUT2D eigenvalue weighted by Crippen LogP contribution is 2.30. The van der Waals surface area contributed by atoms with E-state index in [-0.39, 0.29) is 11.9 Å². The largest absolute Gasteiger partial charge is 0.446 e. The summed E-state index contributed by atoms with van der Waals surface area (Å²) in [5.74, 6) is 0.113. The van der Waals surface area contributed by atoms with E-state index < -0.39 is 6.09 Å². The van der Waals surface area contributed by atoms with Gasteiger partial charge < -0.3 is 14.5 Å². The Morgan fingerprint density at radius 3 is 2.62 bits per heavy atom. The fourth-order valence-electron chi connectivity index (χ4n) is 4.93. The fourth-order valence-corrected chi connectivity index (χ4v) is 4.93. The smallest absolute Gasteiger partial charge is 0.414 e. The Balaban J connectivity index is 1.58. The summed E-state index contributed by atoms with van der Waals surface area (Å²) in [6.45, 7) is 5.96. The lowest BCUT2D eigenvalue weighted by Crippen LogP contribution is -2.40. The van der Waals surface area contributed by atoms with Crippen molar-refractivity contribution in [1.29, 1.82) is 0 Å². The number of hydrogen-bond donors (Lipinski definition) is 0. The Morgan fingerprint density at radius 1 is 1.22 bits per heavy atom. The molecular weight excluding hydrogens is 409 g/mol. The highest BCUT2D eigenvalue weighted by atomic mass is 19.1. The molecule has 0 bridgehead atoms. The number of amides is 2.